The molecule has 2 heterocycles. The third-order valence-electron chi connectivity index (χ3n) is 7.65. The van der Waals surface area contributed by atoms with Crippen LogP contribution in [-0.2, 0) is 13.7 Å². The van der Waals surface area contributed by atoms with Gasteiger partial charge in [-0.3, -0.25) is 4.98 Å². The van der Waals surface area contributed by atoms with Crippen LogP contribution in [0, 0.1) is 5.82 Å². The van der Waals surface area contributed by atoms with E-state index in [4.69, 9.17) is 25.5 Å². The lowest BCUT2D eigenvalue weighted by Gasteiger charge is -2.29. The molecule has 4 aromatic carbocycles. The van der Waals surface area contributed by atoms with Gasteiger partial charge in [0, 0.05) is 54.4 Å². The third-order valence-corrected chi connectivity index (χ3v) is 9.35. The maximum absolute atomic E-state index is 17.1. The molecular weight excluding hydrogens is 631 g/mol. The van der Waals surface area contributed by atoms with E-state index in [2.05, 4.69) is 30.7 Å². The Bertz CT molecular complexity index is 2020. The SMILES string of the molecule is COc1cc2c(N(c3ccccc3)c3cc(O[SiH2]C(C)(C)C)c(Cl)c(-c4ccccc4)c3F)ccnc2cc1OCc1nccn1C. The molecule has 240 valence electrons. The molecule has 0 amide bonds. The molecule has 0 aliphatic carbocycles. The molecule has 0 N–H and O–H groups in total. The maximum atomic E-state index is 17.1. The summed E-state index contributed by atoms with van der Waals surface area (Å²) in [6.07, 6.45) is 5.30. The number of aryl methyl sites for hydroxylation is 1. The molecule has 6 aromatic rings. The Morgan fingerprint density at radius 3 is 2.26 bits per heavy atom. The van der Waals surface area contributed by atoms with Crippen LogP contribution < -0.4 is 18.8 Å². The zero-order chi connectivity index (χ0) is 33.1. The molecule has 0 aliphatic rings. The molecule has 7 nitrogen and oxygen atoms in total. The number of aromatic nitrogens is 3. The van der Waals surface area contributed by atoms with Crippen LogP contribution in [0.4, 0.5) is 21.5 Å². The lowest BCUT2D eigenvalue weighted by atomic mass is 10.0. The fourth-order valence-electron chi connectivity index (χ4n) is 5.29. The van der Waals surface area contributed by atoms with E-state index in [9.17, 15) is 0 Å². The fourth-order valence-corrected chi connectivity index (χ4v) is 6.50. The molecule has 0 saturated carbocycles. The Balaban J connectivity index is 1.56. The predicted molar refractivity (Wildman–Crippen MR) is 190 cm³/mol. The first-order valence-electron chi connectivity index (χ1n) is 15.3. The largest absolute Gasteiger partial charge is 0.548 e. The summed E-state index contributed by atoms with van der Waals surface area (Å²) in [5, 5.41) is 0.968. The van der Waals surface area contributed by atoms with E-state index in [0.29, 0.717) is 39.7 Å². The number of methoxy groups -OCH3 is 1. The summed E-state index contributed by atoms with van der Waals surface area (Å²) in [5.74, 6) is 1.78. The number of pyridine rings is 1. The molecule has 0 saturated heterocycles. The van der Waals surface area contributed by atoms with Gasteiger partial charge in [-0.25, -0.2) is 9.37 Å². The van der Waals surface area contributed by atoms with Gasteiger partial charge in [0.25, 0.3) is 0 Å². The maximum Gasteiger partial charge on any atom is 0.224 e. The van der Waals surface area contributed by atoms with E-state index in [1.165, 1.54) is 0 Å². The highest BCUT2D eigenvalue weighted by Crippen LogP contribution is 2.48. The second-order valence-electron chi connectivity index (χ2n) is 12.4. The first kappa shape index (κ1) is 32.1. The molecule has 0 spiro atoms. The molecule has 10 heteroatoms. The van der Waals surface area contributed by atoms with Crippen molar-refractivity contribution in [1.29, 1.82) is 0 Å². The van der Waals surface area contributed by atoms with Crippen molar-refractivity contribution in [2.45, 2.75) is 32.4 Å². The zero-order valence-electron chi connectivity index (χ0n) is 27.0. The highest BCUT2D eigenvalue weighted by atomic mass is 35.5. The Morgan fingerprint density at radius 1 is 0.872 bits per heavy atom. The predicted octanol–water partition coefficient (Wildman–Crippen LogP) is 9.17. The molecular formula is C37H36ClFN4O3Si. The average molecular weight is 667 g/mol. The summed E-state index contributed by atoms with van der Waals surface area (Å²) in [5.41, 5.74) is 3.31. The average Bonchev–Trinajstić information content (AvgIpc) is 3.48. The molecule has 6 rings (SSSR count). The van der Waals surface area contributed by atoms with Crippen LogP contribution in [0.3, 0.4) is 0 Å². The van der Waals surface area contributed by atoms with Gasteiger partial charge < -0.3 is 23.4 Å². The summed E-state index contributed by atoms with van der Waals surface area (Å²) in [6, 6.07) is 26.3. The van der Waals surface area contributed by atoms with Crippen LogP contribution in [0.25, 0.3) is 22.0 Å². The van der Waals surface area contributed by atoms with Crippen molar-refractivity contribution in [2.24, 2.45) is 7.05 Å². The van der Waals surface area contributed by atoms with Crippen molar-refractivity contribution < 1.29 is 18.3 Å². The van der Waals surface area contributed by atoms with Crippen LogP contribution in [0.5, 0.6) is 17.2 Å². The highest BCUT2D eigenvalue weighted by molar-refractivity contribution is 6.37. The number of imidazole rings is 1. The number of benzene rings is 4. The molecule has 47 heavy (non-hydrogen) atoms. The normalized spacial score (nSPS) is 11.7. The summed E-state index contributed by atoms with van der Waals surface area (Å²) >= 11 is 6.97. The number of nitrogens with zero attached hydrogens (tertiary/aromatic N) is 4. The minimum absolute atomic E-state index is 0.0160. The van der Waals surface area contributed by atoms with Gasteiger partial charge in [-0.2, -0.15) is 0 Å². The quantitative estimate of drug-likeness (QED) is 0.136. The van der Waals surface area contributed by atoms with Gasteiger partial charge in [-0.1, -0.05) is 80.9 Å². The number of halogens is 2. The van der Waals surface area contributed by atoms with Crippen LogP contribution in [0.2, 0.25) is 10.1 Å². The number of anilines is 3. The Hall–Kier alpha value is -4.86. The van der Waals surface area contributed by atoms with Crippen molar-refractivity contribution in [3.8, 4) is 28.4 Å². The number of rotatable bonds is 10. The summed E-state index contributed by atoms with van der Waals surface area (Å²) in [4.78, 5) is 10.9. The first-order valence-corrected chi connectivity index (χ1v) is 16.9. The van der Waals surface area contributed by atoms with E-state index in [0.717, 1.165) is 16.9 Å². The van der Waals surface area contributed by atoms with Gasteiger partial charge >= 0.3 is 0 Å². The first-order chi connectivity index (χ1) is 22.6. The molecule has 0 bridgehead atoms. The number of hydrogen-bond donors (Lipinski definition) is 0. The van der Waals surface area contributed by atoms with Crippen molar-refractivity contribution in [1.82, 2.24) is 14.5 Å². The molecule has 2 aromatic heterocycles. The Morgan fingerprint density at radius 2 is 1.60 bits per heavy atom. The van der Waals surface area contributed by atoms with Gasteiger partial charge in [-0.15, -0.1) is 0 Å². The smallest absolute Gasteiger partial charge is 0.224 e. The lowest BCUT2D eigenvalue weighted by molar-refractivity contribution is 0.273. The van der Waals surface area contributed by atoms with Crippen LogP contribution in [0.1, 0.15) is 26.6 Å². The van der Waals surface area contributed by atoms with E-state index < -0.39 is 15.6 Å². The fraction of sp³-hybridized carbons (Fsp3) is 0.189. The van der Waals surface area contributed by atoms with E-state index >= 15 is 4.39 Å². The highest BCUT2D eigenvalue weighted by Gasteiger charge is 2.27. The Kier molecular flexibility index (Phi) is 9.20. The number of hydrogen-bond acceptors (Lipinski definition) is 6. The zero-order valence-corrected chi connectivity index (χ0v) is 29.2. The molecule has 0 fully saturated rings. The van der Waals surface area contributed by atoms with Crippen molar-refractivity contribution in [3.63, 3.8) is 0 Å². The topological polar surface area (TPSA) is 61.6 Å². The van der Waals surface area contributed by atoms with Crippen LogP contribution in [0.15, 0.2) is 104 Å². The van der Waals surface area contributed by atoms with Crippen molar-refractivity contribution >= 4 is 49.3 Å². The van der Waals surface area contributed by atoms with E-state index in [1.54, 1.807) is 25.6 Å². The van der Waals surface area contributed by atoms with E-state index in [-0.39, 0.29) is 22.2 Å². The Labute approximate surface area is 281 Å². The molecule has 0 atom stereocenters. The number of fused-ring (bicyclic) bond motifs is 1. The van der Waals surface area contributed by atoms with Crippen LogP contribution in [-0.4, -0.2) is 31.4 Å². The van der Waals surface area contributed by atoms with Crippen molar-refractivity contribution in [3.05, 3.63) is 120 Å². The number of para-hydroxylation sites is 1. The monoisotopic (exact) mass is 666 g/mol. The summed E-state index contributed by atoms with van der Waals surface area (Å²) < 4.78 is 37.4. The summed E-state index contributed by atoms with van der Waals surface area (Å²) in [7, 11) is 2.42. The minimum atomic E-state index is -1.09. The standard InChI is InChI=1S/C37H36ClFN4O3Si/c1-37(2,3)47-46-32-22-29(36(39)34(35(32)38)24-12-8-6-9-13-24)43(25-14-10-7-11-15-25)28-16-17-40-27-21-31(30(44-5)20-26(27)28)45-23-33-41-18-19-42(33)4/h6-22H,23,47H2,1-5H3. The molecule has 0 unspecified atom stereocenters. The third kappa shape index (κ3) is 6.82. The second kappa shape index (κ2) is 13.5. The van der Waals surface area contributed by atoms with Gasteiger partial charge in [-0.05, 0) is 34.9 Å². The summed E-state index contributed by atoms with van der Waals surface area (Å²) in [6.45, 7) is 6.66. The second-order valence-corrected chi connectivity index (χ2v) is 15.5. The van der Waals surface area contributed by atoms with Gasteiger partial charge in [0.05, 0.1) is 29.0 Å². The van der Waals surface area contributed by atoms with E-state index in [1.807, 2.05) is 102 Å². The van der Waals surface area contributed by atoms with Gasteiger partial charge in [0.15, 0.2) is 17.3 Å². The molecule has 0 aliphatic heterocycles. The molecule has 0 radical (unpaired) electrons. The van der Waals surface area contributed by atoms with Crippen LogP contribution >= 0.6 is 11.6 Å². The van der Waals surface area contributed by atoms with Gasteiger partial charge in [0.2, 0.25) is 9.76 Å². The number of ether oxygens (including phenoxy) is 2. The lowest BCUT2D eigenvalue weighted by Crippen LogP contribution is -2.17. The minimum Gasteiger partial charge on any atom is -0.548 e. The van der Waals surface area contributed by atoms with Gasteiger partial charge in [0.1, 0.15) is 18.2 Å². The van der Waals surface area contributed by atoms with Crippen molar-refractivity contribution in [2.75, 3.05) is 12.0 Å².